The fraction of sp³-hybridized carbons (Fsp3) is 0.500. The Morgan fingerprint density at radius 1 is 1.53 bits per heavy atom. The first-order chi connectivity index (χ1) is 6.93. The summed E-state index contributed by atoms with van der Waals surface area (Å²) in [7, 11) is 1.98. The number of aryl methyl sites for hydroxylation is 1. The predicted molar refractivity (Wildman–Crippen MR) is 59.4 cm³/mol. The molecule has 0 bridgehead atoms. The Kier molecular flexibility index (Phi) is 2.51. The fourth-order valence-electron chi connectivity index (χ4n) is 1.73. The second-order valence-electron chi connectivity index (χ2n) is 4.10. The summed E-state index contributed by atoms with van der Waals surface area (Å²) in [6.45, 7) is 1.89. The van der Waals surface area contributed by atoms with Gasteiger partial charge in [-0.1, -0.05) is 0 Å². The van der Waals surface area contributed by atoms with Crippen molar-refractivity contribution in [1.82, 2.24) is 4.98 Å². The van der Waals surface area contributed by atoms with Crippen molar-refractivity contribution in [2.75, 3.05) is 0 Å². The number of hydrogen-bond acceptors (Lipinski definition) is 3. The van der Waals surface area contributed by atoms with Gasteiger partial charge in [0, 0.05) is 22.6 Å². The Hall–Kier alpha value is -0.610. The summed E-state index contributed by atoms with van der Waals surface area (Å²) in [5.41, 5.74) is 1.89. The molecule has 5 heteroatoms. The van der Waals surface area contributed by atoms with Gasteiger partial charge >= 0.3 is 0 Å². The van der Waals surface area contributed by atoms with Crippen molar-refractivity contribution in [3.8, 4) is 0 Å². The molecule has 1 aliphatic carbocycles. The summed E-state index contributed by atoms with van der Waals surface area (Å²) >= 11 is 0. The first-order valence-corrected chi connectivity index (χ1v) is 7.10. The highest BCUT2D eigenvalue weighted by Gasteiger charge is 2.53. The summed E-state index contributed by atoms with van der Waals surface area (Å²) in [6.07, 6.45) is 3.53. The van der Waals surface area contributed by atoms with Crippen LogP contribution in [0, 0.1) is 6.92 Å². The number of hydrogen-bond donors (Lipinski definition) is 0. The normalized spacial score (nSPS) is 18.8. The Morgan fingerprint density at radius 3 is 2.67 bits per heavy atom. The largest absolute Gasteiger partial charge is 0.262 e. The average Bonchev–Trinajstić information content (AvgIpc) is 2.84. The first-order valence-electron chi connectivity index (χ1n) is 4.79. The van der Waals surface area contributed by atoms with Gasteiger partial charge in [0.15, 0.2) is 0 Å². The zero-order valence-corrected chi connectivity index (χ0v) is 9.98. The molecule has 2 rings (SSSR count). The average molecular weight is 246 g/mol. The lowest BCUT2D eigenvalue weighted by Crippen LogP contribution is -2.20. The van der Waals surface area contributed by atoms with Gasteiger partial charge in [0.1, 0.15) is 0 Å². The van der Waals surface area contributed by atoms with Crippen LogP contribution in [0.25, 0.3) is 0 Å². The maximum Gasteiger partial charge on any atom is 0.238 e. The quantitative estimate of drug-likeness (QED) is 0.766. The van der Waals surface area contributed by atoms with Gasteiger partial charge in [0.05, 0.1) is 4.75 Å². The maximum atomic E-state index is 11.4. The van der Waals surface area contributed by atoms with Crippen molar-refractivity contribution in [2.45, 2.75) is 30.9 Å². The van der Waals surface area contributed by atoms with E-state index in [1.807, 2.05) is 19.1 Å². The fourth-order valence-corrected chi connectivity index (χ4v) is 3.29. The molecular formula is C10H12ClNO2S. The third kappa shape index (κ3) is 2.16. The molecule has 0 saturated heterocycles. The molecule has 82 valence electrons. The summed E-state index contributed by atoms with van der Waals surface area (Å²) in [5, 5.41) is 0. The zero-order valence-electron chi connectivity index (χ0n) is 8.40. The van der Waals surface area contributed by atoms with E-state index in [-0.39, 0.29) is 0 Å². The number of halogens is 1. The van der Waals surface area contributed by atoms with Crippen LogP contribution in [0.4, 0.5) is 0 Å². The van der Waals surface area contributed by atoms with Crippen molar-refractivity contribution >= 4 is 19.7 Å². The topological polar surface area (TPSA) is 47.0 Å². The molecule has 0 radical (unpaired) electrons. The van der Waals surface area contributed by atoms with Crippen LogP contribution in [-0.4, -0.2) is 18.1 Å². The van der Waals surface area contributed by atoms with Crippen LogP contribution >= 0.6 is 10.7 Å². The summed E-state index contributed by atoms with van der Waals surface area (Å²) in [5.74, 6) is 0. The van der Waals surface area contributed by atoms with Crippen LogP contribution in [0.1, 0.15) is 24.1 Å². The molecule has 1 fully saturated rings. The molecule has 0 atom stereocenters. The Bertz CT molecular complexity index is 480. The van der Waals surface area contributed by atoms with Crippen LogP contribution in [0.5, 0.6) is 0 Å². The van der Waals surface area contributed by atoms with Crippen molar-refractivity contribution in [2.24, 2.45) is 0 Å². The van der Waals surface area contributed by atoms with E-state index in [0.29, 0.717) is 19.3 Å². The van der Waals surface area contributed by atoms with E-state index in [0.717, 1.165) is 11.3 Å². The Balaban J connectivity index is 2.24. The van der Waals surface area contributed by atoms with Gasteiger partial charge in [-0.3, -0.25) is 4.98 Å². The highest BCUT2D eigenvalue weighted by molar-refractivity contribution is 8.15. The molecular weight excluding hydrogens is 234 g/mol. The van der Waals surface area contributed by atoms with E-state index in [2.05, 4.69) is 4.98 Å². The lowest BCUT2D eigenvalue weighted by Gasteiger charge is -2.11. The number of nitrogens with zero attached hydrogens (tertiary/aromatic N) is 1. The lowest BCUT2D eigenvalue weighted by molar-refractivity contribution is 0.590. The Labute approximate surface area is 93.9 Å². The van der Waals surface area contributed by atoms with E-state index in [9.17, 15) is 8.42 Å². The molecule has 1 aromatic heterocycles. The second kappa shape index (κ2) is 3.46. The van der Waals surface area contributed by atoms with Crippen molar-refractivity contribution in [3.05, 3.63) is 29.6 Å². The van der Waals surface area contributed by atoms with Gasteiger partial charge in [0.25, 0.3) is 0 Å². The molecule has 1 heterocycles. The molecule has 0 aromatic carbocycles. The van der Waals surface area contributed by atoms with E-state index in [1.165, 1.54) is 0 Å². The van der Waals surface area contributed by atoms with E-state index >= 15 is 0 Å². The molecule has 3 nitrogen and oxygen atoms in total. The predicted octanol–water partition coefficient (Wildman–Crippen LogP) is 2.03. The Morgan fingerprint density at radius 2 is 2.20 bits per heavy atom. The van der Waals surface area contributed by atoms with Crippen LogP contribution in [0.2, 0.25) is 0 Å². The molecule has 1 aromatic rings. The summed E-state index contributed by atoms with van der Waals surface area (Å²) < 4.78 is 22.0. The van der Waals surface area contributed by atoms with Crippen molar-refractivity contribution in [1.29, 1.82) is 0 Å². The molecule has 0 amide bonds. The van der Waals surface area contributed by atoms with Gasteiger partial charge in [-0.25, -0.2) is 8.42 Å². The van der Waals surface area contributed by atoms with Gasteiger partial charge in [-0.05, 0) is 43.9 Å². The van der Waals surface area contributed by atoms with Crippen LogP contribution in [-0.2, 0) is 15.5 Å². The minimum Gasteiger partial charge on any atom is -0.262 e. The van der Waals surface area contributed by atoms with Gasteiger partial charge in [-0.15, -0.1) is 0 Å². The summed E-state index contributed by atoms with van der Waals surface area (Å²) in [4.78, 5) is 4.07. The van der Waals surface area contributed by atoms with E-state index in [1.54, 1.807) is 6.20 Å². The number of aromatic nitrogens is 1. The molecule has 0 spiro atoms. The standard InChI is InChI=1S/C10H12ClNO2S/c1-8-6-9(2-5-12-8)7-10(3-4-10)15(11,13)14/h2,5-6H,3-4,7H2,1H3. The van der Waals surface area contributed by atoms with E-state index < -0.39 is 13.8 Å². The van der Waals surface area contributed by atoms with Crippen LogP contribution < -0.4 is 0 Å². The second-order valence-corrected chi connectivity index (χ2v) is 7.06. The molecule has 0 aliphatic heterocycles. The van der Waals surface area contributed by atoms with Crippen LogP contribution in [0.15, 0.2) is 18.3 Å². The third-order valence-corrected chi connectivity index (χ3v) is 5.38. The number of pyridine rings is 1. The SMILES string of the molecule is Cc1cc(CC2(S(=O)(=O)Cl)CC2)ccn1. The van der Waals surface area contributed by atoms with E-state index in [4.69, 9.17) is 10.7 Å². The third-order valence-electron chi connectivity index (χ3n) is 2.81. The lowest BCUT2D eigenvalue weighted by atomic mass is 10.1. The molecule has 15 heavy (non-hydrogen) atoms. The van der Waals surface area contributed by atoms with Gasteiger partial charge in [-0.2, -0.15) is 0 Å². The number of rotatable bonds is 3. The van der Waals surface area contributed by atoms with Crippen molar-refractivity contribution < 1.29 is 8.42 Å². The zero-order chi connectivity index (χ0) is 11.1. The molecule has 0 N–H and O–H groups in total. The van der Waals surface area contributed by atoms with Crippen LogP contribution in [0.3, 0.4) is 0 Å². The van der Waals surface area contributed by atoms with Gasteiger partial charge < -0.3 is 0 Å². The van der Waals surface area contributed by atoms with Gasteiger partial charge in [0.2, 0.25) is 9.05 Å². The summed E-state index contributed by atoms with van der Waals surface area (Å²) in [6, 6.07) is 3.75. The minimum atomic E-state index is -3.45. The highest BCUT2D eigenvalue weighted by atomic mass is 35.7. The minimum absolute atomic E-state index is 0.502. The molecule has 1 aliphatic rings. The molecule has 1 saturated carbocycles. The van der Waals surface area contributed by atoms with Crippen molar-refractivity contribution in [3.63, 3.8) is 0 Å². The smallest absolute Gasteiger partial charge is 0.238 e. The monoisotopic (exact) mass is 245 g/mol. The highest BCUT2D eigenvalue weighted by Crippen LogP contribution is 2.48. The maximum absolute atomic E-state index is 11.4. The first kappa shape index (κ1) is 10.9. The molecule has 0 unspecified atom stereocenters.